The number of hydrogen-bond acceptors (Lipinski definition) is 7. The van der Waals surface area contributed by atoms with Crippen molar-refractivity contribution in [3.63, 3.8) is 0 Å². The first-order chi connectivity index (χ1) is 16.6. The second-order valence-electron chi connectivity index (χ2n) is 8.88. The highest BCUT2D eigenvalue weighted by Crippen LogP contribution is 2.31. The van der Waals surface area contributed by atoms with Crippen molar-refractivity contribution in [3.05, 3.63) is 47.8 Å². The first-order valence-electron chi connectivity index (χ1n) is 12.0. The SMILES string of the molecule is COc1cc2c(NCCc3ccncc3)nc(N3CCCCC3)nc2cc1C#CCCN(C)C. The molecule has 1 saturated heterocycles. The maximum atomic E-state index is 5.69. The molecular formula is C27H34N6O. The molecule has 1 fully saturated rings. The number of piperidine rings is 1. The lowest BCUT2D eigenvalue weighted by atomic mass is 10.1. The van der Waals surface area contributed by atoms with E-state index in [4.69, 9.17) is 14.7 Å². The van der Waals surface area contributed by atoms with E-state index in [0.29, 0.717) is 0 Å². The second kappa shape index (κ2) is 11.7. The van der Waals surface area contributed by atoms with Crippen LogP contribution >= 0.6 is 0 Å². The average molecular weight is 459 g/mol. The average Bonchev–Trinajstić information content (AvgIpc) is 2.87. The van der Waals surface area contributed by atoms with Crippen LogP contribution in [0.4, 0.5) is 11.8 Å². The molecule has 7 heteroatoms. The van der Waals surface area contributed by atoms with E-state index in [9.17, 15) is 0 Å². The first kappa shape index (κ1) is 23.8. The van der Waals surface area contributed by atoms with Crippen molar-refractivity contribution in [1.82, 2.24) is 19.9 Å². The number of anilines is 2. The van der Waals surface area contributed by atoms with Gasteiger partial charge in [-0.25, -0.2) is 4.98 Å². The molecule has 1 aliphatic rings. The Bertz CT molecular complexity index is 1150. The van der Waals surface area contributed by atoms with Crippen molar-refractivity contribution < 1.29 is 4.74 Å². The van der Waals surface area contributed by atoms with Gasteiger partial charge in [0.15, 0.2) is 0 Å². The molecule has 3 aromatic rings. The van der Waals surface area contributed by atoms with Gasteiger partial charge in [0.05, 0.1) is 18.2 Å². The third kappa shape index (κ3) is 6.15. The lowest BCUT2D eigenvalue weighted by Gasteiger charge is -2.27. The summed E-state index contributed by atoms with van der Waals surface area (Å²) in [5, 5.41) is 4.51. The largest absolute Gasteiger partial charge is 0.495 e. The van der Waals surface area contributed by atoms with Crippen LogP contribution in [0.25, 0.3) is 10.9 Å². The predicted molar refractivity (Wildman–Crippen MR) is 139 cm³/mol. The molecule has 0 aliphatic carbocycles. The fourth-order valence-corrected chi connectivity index (χ4v) is 4.09. The van der Waals surface area contributed by atoms with Crippen molar-refractivity contribution in [2.24, 2.45) is 0 Å². The minimum Gasteiger partial charge on any atom is -0.495 e. The van der Waals surface area contributed by atoms with Crippen LogP contribution in [0.15, 0.2) is 36.7 Å². The smallest absolute Gasteiger partial charge is 0.227 e. The Labute approximate surface area is 202 Å². The number of nitrogens with zero attached hydrogens (tertiary/aromatic N) is 5. The molecule has 0 unspecified atom stereocenters. The number of ether oxygens (including phenoxy) is 1. The summed E-state index contributed by atoms with van der Waals surface area (Å²) >= 11 is 0. The molecule has 0 amide bonds. The fraction of sp³-hybridized carbons (Fsp3) is 0.444. The molecular weight excluding hydrogens is 424 g/mol. The summed E-state index contributed by atoms with van der Waals surface area (Å²) in [5.41, 5.74) is 2.99. The second-order valence-corrected chi connectivity index (χ2v) is 8.88. The standard InChI is InChI=1S/C27H34N6O/c1-32(2)16-8-5-9-22-19-24-23(20-25(22)34-3)26(29-15-12-21-10-13-28-14-11-21)31-27(30-24)33-17-6-4-7-18-33/h10-11,13-14,19-20H,4,6-8,12,15-18H2,1-3H3,(H,29,30,31). The van der Waals surface area contributed by atoms with Gasteiger partial charge in [-0.05, 0) is 69.6 Å². The minimum absolute atomic E-state index is 0.747. The number of hydrogen-bond donors (Lipinski definition) is 1. The first-order valence-corrected chi connectivity index (χ1v) is 12.0. The van der Waals surface area contributed by atoms with Gasteiger partial charge in [-0.2, -0.15) is 4.98 Å². The molecule has 0 saturated carbocycles. The normalized spacial score (nSPS) is 13.6. The van der Waals surface area contributed by atoms with E-state index in [1.807, 2.05) is 36.7 Å². The van der Waals surface area contributed by atoms with E-state index in [-0.39, 0.29) is 0 Å². The molecule has 178 valence electrons. The molecule has 4 rings (SSSR count). The molecule has 3 heterocycles. The molecule has 0 radical (unpaired) electrons. The maximum Gasteiger partial charge on any atom is 0.227 e. The fourth-order valence-electron chi connectivity index (χ4n) is 4.09. The third-order valence-electron chi connectivity index (χ3n) is 6.01. The van der Waals surface area contributed by atoms with Crippen LogP contribution in [-0.4, -0.2) is 67.2 Å². The monoisotopic (exact) mass is 458 g/mol. The number of fused-ring (bicyclic) bond motifs is 1. The summed E-state index contributed by atoms with van der Waals surface area (Å²) in [6, 6.07) is 8.15. The number of nitrogens with one attached hydrogen (secondary N) is 1. The highest BCUT2D eigenvalue weighted by atomic mass is 16.5. The lowest BCUT2D eigenvalue weighted by molar-refractivity contribution is 0.414. The number of aromatic nitrogens is 3. The van der Waals surface area contributed by atoms with Crippen molar-refractivity contribution in [2.45, 2.75) is 32.1 Å². The molecule has 34 heavy (non-hydrogen) atoms. The molecule has 2 aromatic heterocycles. The van der Waals surface area contributed by atoms with Gasteiger partial charge in [0.2, 0.25) is 5.95 Å². The topological polar surface area (TPSA) is 66.4 Å². The molecule has 1 N–H and O–H groups in total. The predicted octanol–water partition coefficient (Wildman–Crippen LogP) is 3.98. The van der Waals surface area contributed by atoms with Crippen LogP contribution in [-0.2, 0) is 6.42 Å². The number of rotatable bonds is 8. The molecule has 7 nitrogen and oxygen atoms in total. The van der Waals surface area contributed by atoms with Gasteiger partial charge >= 0.3 is 0 Å². The maximum absolute atomic E-state index is 5.69. The highest BCUT2D eigenvalue weighted by Gasteiger charge is 2.18. The van der Waals surface area contributed by atoms with Crippen LogP contribution in [0.5, 0.6) is 5.75 Å². The molecule has 0 bridgehead atoms. The Kier molecular flexibility index (Phi) is 8.16. The van der Waals surface area contributed by atoms with Gasteiger partial charge in [0.25, 0.3) is 0 Å². The van der Waals surface area contributed by atoms with Crippen LogP contribution in [0.1, 0.15) is 36.8 Å². The van der Waals surface area contributed by atoms with Crippen molar-refractivity contribution >= 4 is 22.7 Å². The van der Waals surface area contributed by atoms with Gasteiger partial charge in [-0.3, -0.25) is 4.98 Å². The van der Waals surface area contributed by atoms with Gasteiger partial charge in [-0.1, -0.05) is 11.8 Å². The van der Waals surface area contributed by atoms with Crippen molar-refractivity contribution in [2.75, 3.05) is 57.6 Å². The quantitative estimate of drug-likeness (QED) is 0.512. The summed E-state index contributed by atoms with van der Waals surface area (Å²) in [4.78, 5) is 18.4. The summed E-state index contributed by atoms with van der Waals surface area (Å²) in [5.74, 6) is 8.94. The Balaban J connectivity index is 1.67. The van der Waals surface area contributed by atoms with Crippen LogP contribution < -0.4 is 15.0 Å². The third-order valence-corrected chi connectivity index (χ3v) is 6.01. The van der Waals surface area contributed by atoms with E-state index in [2.05, 4.69) is 46.0 Å². The van der Waals surface area contributed by atoms with E-state index >= 15 is 0 Å². The van der Waals surface area contributed by atoms with Crippen LogP contribution in [0, 0.1) is 11.8 Å². The van der Waals surface area contributed by atoms with E-state index in [0.717, 1.165) is 73.0 Å². The van der Waals surface area contributed by atoms with Gasteiger partial charge < -0.3 is 19.9 Å². The van der Waals surface area contributed by atoms with Gasteiger partial charge in [-0.15, -0.1) is 0 Å². The summed E-state index contributed by atoms with van der Waals surface area (Å²) in [7, 11) is 5.80. The Hall–Kier alpha value is -3.37. The lowest BCUT2D eigenvalue weighted by Crippen LogP contribution is -2.31. The Morgan fingerprint density at radius 1 is 1.09 bits per heavy atom. The zero-order valence-electron chi connectivity index (χ0n) is 20.5. The Morgan fingerprint density at radius 2 is 1.88 bits per heavy atom. The number of pyridine rings is 1. The summed E-state index contributed by atoms with van der Waals surface area (Å²) in [6.07, 6.45) is 8.98. The van der Waals surface area contributed by atoms with E-state index in [1.165, 1.54) is 24.8 Å². The molecule has 0 spiro atoms. The minimum atomic E-state index is 0.747. The summed E-state index contributed by atoms with van der Waals surface area (Å²) in [6.45, 7) is 3.68. The van der Waals surface area contributed by atoms with Crippen LogP contribution in [0.2, 0.25) is 0 Å². The zero-order valence-corrected chi connectivity index (χ0v) is 20.5. The van der Waals surface area contributed by atoms with Gasteiger partial charge in [0.1, 0.15) is 11.6 Å². The van der Waals surface area contributed by atoms with Gasteiger partial charge in [0, 0.05) is 50.4 Å². The molecule has 0 atom stereocenters. The van der Waals surface area contributed by atoms with E-state index in [1.54, 1.807) is 7.11 Å². The Morgan fingerprint density at radius 3 is 2.62 bits per heavy atom. The summed E-state index contributed by atoms with van der Waals surface area (Å²) < 4.78 is 5.69. The molecule has 1 aliphatic heterocycles. The zero-order chi connectivity index (χ0) is 23.8. The van der Waals surface area contributed by atoms with Crippen molar-refractivity contribution in [3.8, 4) is 17.6 Å². The van der Waals surface area contributed by atoms with Crippen LogP contribution in [0.3, 0.4) is 0 Å². The van der Waals surface area contributed by atoms with E-state index < -0.39 is 0 Å². The number of benzene rings is 1. The number of methoxy groups -OCH3 is 1. The highest BCUT2D eigenvalue weighted by molar-refractivity contribution is 5.92. The molecule has 1 aromatic carbocycles. The van der Waals surface area contributed by atoms with Crippen molar-refractivity contribution in [1.29, 1.82) is 0 Å².